The number of hydrogen-bond acceptors (Lipinski definition) is 10. The van der Waals surface area contributed by atoms with Gasteiger partial charge in [0, 0.05) is 37.7 Å². The van der Waals surface area contributed by atoms with Gasteiger partial charge in [0.2, 0.25) is 5.91 Å². The lowest BCUT2D eigenvalue weighted by molar-refractivity contribution is -0.136. The molecule has 2 aliphatic rings. The second-order valence-electron chi connectivity index (χ2n) is 8.73. The first-order chi connectivity index (χ1) is 17.6. The van der Waals surface area contributed by atoms with Crippen LogP contribution < -0.4 is 15.2 Å². The third-order valence-corrected chi connectivity index (χ3v) is 7.54. The number of aryl methyl sites for hydroxylation is 1. The predicted molar refractivity (Wildman–Crippen MR) is 132 cm³/mol. The molecule has 3 aromatic rings. The number of amides is 1. The first-order valence-corrected chi connectivity index (χ1v) is 12.6. The molecule has 2 aromatic heterocycles. The van der Waals surface area contributed by atoms with Crippen LogP contribution in [0.5, 0.6) is 11.5 Å². The van der Waals surface area contributed by atoms with E-state index in [1.165, 1.54) is 25.2 Å². The number of nitrogens with two attached hydrogens (primary N) is 1. The van der Waals surface area contributed by atoms with Crippen molar-refractivity contribution in [1.82, 2.24) is 24.4 Å². The molecule has 188 valence electrons. The van der Waals surface area contributed by atoms with Crippen molar-refractivity contribution in [2.75, 3.05) is 45.8 Å². The van der Waals surface area contributed by atoms with E-state index in [1.54, 1.807) is 6.07 Å². The van der Waals surface area contributed by atoms with Crippen LogP contribution in [0.15, 0.2) is 28.5 Å². The Bertz CT molecular complexity index is 1310. The molecule has 5 rings (SSSR count). The number of ether oxygens (including phenoxy) is 3. The first kappa shape index (κ1) is 24.1. The van der Waals surface area contributed by atoms with Crippen molar-refractivity contribution in [2.24, 2.45) is 5.92 Å². The van der Waals surface area contributed by atoms with E-state index >= 15 is 0 Å². The molecule has 0 bridgehead atoms. The number of methoxy groups -OCH3 is 1. The van der Waals surface area contributed by atoms with Gasteiger partial charge < -0.3 is 29.4 Å². The molecule has 1 saturated heterocycles. The zero-order chi connectivity index (χ0) is 25.1. The van der Waals surface area contributed by atoms with Crippen LogP contribution in [0.25, 0.3) is 11.2 Å². The van der Waals surface area contributed by atoms with Gasteiger partial charge in [0.25, 0.3) is 0 Å². The fourth-order valence-corrected chi connectivity index (χ4v) is 5.55. The maximum Gasteiger partial charge on any atom is 0.248 e. The molecule has 12 heteroatoms. The highest BCUT2D eigenvalue weighted by molar-refractivity contribution is 7.99. The summed E-state index contributed by atoms with van der Waals surface area (Å²) in [5.41, 5.74) is 7.79. The summed E-state index contributed by atoms with van der Waals surface area (Å²) in [6.45, 7) is 3.19. The van der Waals surface area contributed by atoms with Gasteiger partial charge in [0.15, 0.2) is 33.6 Å². The molecule has 1 aromatic carbocycles. The van der Waals surface area contributed by atoms with Gasteiger partial charge >= 0.3 is 0 Å². The summed E-state index contributed by atoms with van der Waals surface area (Å²) in [6, 6.07) is 5.78. The van der Waals surface area contributed by atoms with Gasteiger partial charge in [-0.15, -0.1) is 0 Å². The Morgan fingerprint density at radius 1 is 1.25 bits per heavy atom. The monoisotopic (exact) mass is 509 g/mol. The number of nitrogen functional groups attached to an aromatic ring is 1. The van der Waals surface area contributed by atoms with E-state index < -0.39 is 0 Å². The van der Waals surface area contributed by atoms with Crippen molar-refractivity contribution in [3.05, 3.63) is 24.0 Å². The first-order valence-electron chi connectivity index (χ1n) is 11.8. The summed E-state index contributed by atoms with van der Waals surface area (Å²) in [4.78, 5) is 28.0. The number of aromatic nitrogens is 4. The molecule has 4 heterocycles. The van der Waals surface area contributed by atoms with E-state index in [0.717, 1.165) is 37.2 Å². The highest BCUT2D eigenvalue weighted by atomic mass is 32.2. The average molecular weight is 510 g/mol. The molecule has 0 saturated carbocycles. The van der Waals surface area contributed by atoms with Crippen LogP contribution in [0, 0.1) is 17.2 Å². The normalized spacial score (nSPS) is 15.7. The third-order valence-electron chi connectivity index (χ3n) is 6.49. The molecule has 0 unspecified atom stereocenters. The fourth-order valence-electron chi connectivity index (χ4n) is 4.55. The Balaban J connectivity index is 1.38. The van der Waals surface area contributed by atoms with Crippen molar-refractivity contribution in [1.29, 1.82) is 5.26 Å². The van der Waals surface area contributed by atoms with Crippen LogP contribution in [0.4, 0.5) is 5.82 Å². The minimum Gasteiger partial charge on any atom is -0.486 e. The van der Waals surface area contributed by atoms with Gasteiger partial charge in [-0.3, -0.25) is 4.79 Å². The number of nitriles is 1. The summed E-state index contributed by atoms with van der Waals surface area (Å²) >= 11 is 1.37. The zero-order valence-electron chi connectivity index (χ0n) is 20.0. The van der Waals surface area contributed by atoms with Crippen molar-refractivity contribution >= 4 is 34.7 Å². The van der Waals surface area contributed by atoms with Crippen molar-refractivity contribution in [3.63, 3.8) is 0 Å². The number of nitrogens with zero attached hydrogens (tertiary/aromatic N) is 6. The number of carbonyl (C=O) groups is 1. The molecule has 0 spiro atoms. The molecule has 2 aliphatic heterocycles. The van der Waals surface area contributed by atoms with Crippen molar-refractivity contribution in [2.45, 2.75) is 35.9 Å². The van der Waals surface area contributed by atoms with Gasteiger partial charge in [-0.2, -0.15) is 5.26 Å². The smallest absolute Gasteiger partial charge is 0.248 e. The molecular formula is C24H27N7O4S. The number of fused-ring (bicyclic) bond motifs is 2. The highest BCUT2D eigenvalue weighted by Crippen LogP contribution is 2.40. The number of hydrogen-bond donors (Lipinski definition) is 1. The Labute approximate surface area is 212 Å². The molecular weight excluding hydrogens is 482 g/mol. The van der Waals surface area contributed by atoms with E-state index in [0.29, 0.717) is 64.9 Å². The molecule has 0 radical (unpaired) electrons. The lowest BCUT2D eigenvalue weighted by Gasteiger charge is -2.32. The van der Waals surface area contributed by atoms with E-state index in [2.05, 4.69) is 16.0 Å². The molecule has 0 aliphatic carbocycles. The molecule has 2 N–H and O–H groups in total. The summed E-state index contributed by atoms with van der Waals surface area (Å²) < 4.78 is 18.4. The minimum absolute atomic E-state index is 0.0372. The maximum absolute atomic E-state index is 12.1. The highest BCUT2D eigenvalue weighted by Gasteiger charge is 2.25. The van der Waals surface area contributed by atoms with Crippen LogP contribution in [-0.2, 0) is 16.1 Å². The topological polar surface area (TPSA) is 141 Å². The summed E-state index contributed by atoms with van der Waals surface area (Å²) in [7, 11) is 1.54. The molecule has 1 fully saturated rings. The Morgan fingerprint density at radius 2 is 2.00 bits per heavy atom. The number of benzene rings is 1. The van der Waals surface area contributed by atoms with E-state index in [1.807, 2.05) is 15.5 Å². The van der Waals surface area contributed by atoms with Crippen LogP contribution in [0.2, 0.25) is 0 Å². The van der Waals surface area contributed by atoms with E-state index in [-0.39, 0.29) is 12.5 Å². The quantitative estimate of drug-likeness (QED) is 0.505. The molecule has 0 atom stereocenters. The third kappa shape index (κ3) is 4.89. The van der Waals surface area contributed by atoms with Crippen LogP contribution in [-0.4, -0.2) is 70.3 Å². The Hall–Kier alpha value is -3.56. The van der Waals surface area contributed by atoms with E-state index in [9.17, 15) is 10.1 Å². The number of piperidine rings is 1. The van der Waals surface area contributed by atoms with E-state index in [4.69, 9.17) is 24.9 Å². The van der Waals surface area contributed by atoms with Gasteiger partial charge in [0.1, 0.15) is 32.2 Å². The number of anilines is 1. The molecule has 11 nitrogen and oxygen atoms in total. The van der Waals surface area contributed by atoms with Gasteiger partial charge in [-0.1, -0.05) is 11.8 Å². The van der Waals surface area contributed by atoms with Gasteiger partial charge in [-0.05, 0) is 31.2 Å². The number of carbonyl (C=O) groups excluding carboxylic acids is 1. The average Bonchev–Trinajstić information content (AvgIpc) is 3.25. The van der Waals surface area contributed by atoms with Crippen LogP contribution in [0.3, 0.4) is 0 Å². The number of rotatable bonds is 7. The van der Waals surface area contributed by atoms with Crippen LogP contribution in [0.1, 0.15) is 24.8 Å². The van der Waals surface area contributed by atoms with Crippen molar-refractivity contribution in [3.8, 4) is 17.6 Å². The lowest BCUT2D eigenvalue weighted by Crippen LogP contribution is -2.40. The minimum atomic E-state index is 0.0372. The Kier molecular flexibility index (Phi) is 7.11. The largest absolute Gasteiger partial charge is 0.486 e. The summed E-state index contributed by atoms with van der Waals surface area (Å²) in [6.07, 6.45) is 4.21. The Morgan fingerprint density at radius 3 is 2.72 bits per heavy atom. The van der Waals surface area contributed by atoms with Crippen molar-refractivity contribution < 1.29 is 19.0 Å². The second-order valence-corrected chi connectivity index (χ2v) is 9.74. The second kappa shape index (κ2) is 10.6. The molecule has 36 heavy (non-hydrogen) atoms. The maximum atomic E-state index is 12.1. The SMILES string of the molecule is COCC(=O)N1CCC(CCn2c(Sc3cc4c(cc3C#N)OCCO4)nc3c(N)ncnc32)CC1. The summed E-state index contributed by atoms with van der Waals surface area (Å²) in [5, 5.41) is 10.4. The number of likely N-dealkylation sites (tertiary alicyclic amines) is 1. The van der Waals surface area contributed by atoms with Crippen LogP contribution >= 0.6 is 11.8 Å². The predicted octanol–water partition coefficient (Wildman–Crippen LogP) is 2.48. The van der Waals surface area contributed by atoms with Gasteiger partial charge in [0.05, 0.1) is 5.56 Å². The zero-order valence-corrected chi connectivity index (χ0v) is 20.8. The fraction of sp³-hybridized carbons (Fsp3) is 0.458. The van der Waals surface area contributed by atoms with Gasteiger partial charge in [-0.25, -0.2) is 15.0 Å². The summed E-state index contributed by atoms with van der Waals surface area (Å²) in [5.74, 6) is 2.00. The standard InChI is InChI=1S/C24H27N7O4S/c1-33-13-20(32)30-5-2-15(3-6-30)4-7-31-23-21(22(26)27-14-28-23)29-24(31)36-19-11-18-17(10-16(19)12-25)34-8-9-35-18/h10-11,14-15H,2-9,13H2,1H3,(H2,26,27,28). The lowest BCUT2D eigenvalue weighted by atomic mass is 9.93. The molecule has 1 amide bonds. The number of imidazole rings is 1.